The summed E-state index contributed by atoms with van der Waals surface area (Å²) in [6, 6.07) is 12.9. The molecule has 24 heavy (non-hydrogen) atoms. The summed E-state index contributed by atoms with van der Waals surface area (Å²) in [5, 5.41) is 11.3. The molecule has 0 aliphatic rings. The molecule has 0 saturated carbocycles. The van der Waals surface area contributed by atoms with E-state index < -0.39 is 0 Å². The lowest BCUT2D eigenvalue weighted by Crippen LogP contribution is -2.20. The monoisotopic (exact) mass is 333 g/mol. The SMILES string of the molecule is N#Cc1ccc(Cn2cnc3scc(-c4ccco4)c3c2=O)cc1. The summed E-state index contributed by atoms with van der Waals surface area (Å²) in [5.41, 5.74) is 2.20. The molecule has 0 saturated heterocycles. The molecule has 5 nitrogen and oxygen atoms in total. The van der Waals surface area contributed by atoms with Crippen molar-refractivity contribution in [1.82, 2.24) is 9.55 Å². The Bertz CT molecular complexity index is 1100. The predicted molar refractivity (Wildman–Crippen MR) is 91.8 cm³/mol. The molecule has 0 aliphatic carbocycles. The van der Waals surface area contributed by atoms with Gasteiger partial charge in [-0.05, 0) is 29.8 Å². The van der Waals surface area contributed by atoms with Crippen LogP contribution in [0.3, 0.4) is 0 Å². The van der Waals surface area contributed by atoms with Gasteiger partial charge in [-0.3, -0.25) is 9.36 Å². The Morgan fingerprint density at radius 1 is 1.25 bits per heavy atom. The van der Waals surface area contributed by atoms with Crippen LogP contribution in [0, 0.1) is 11.3 Å². The maximum absolute atomic E-state index is 12.9. The highest BCUT2D eigenvalue weighted by Crippen LogP contribution is 2.30. The second-order valence-corrected chi connectivity index (χ2v) is 6.15. The van der Waals surface area contributed by atoms with Crippen molar-refractivity contribution in [3.63, 3.8) is 0 Å². The predicted octanol–water partition coefficient (Wildman–Crippen LogP) is 3.64. The van der Waals surface area contributed by atoms with E-state index in [1.54, 1.807) is 35.4 Å². The molecule has 6 heteroatoms. The van der Waals surface area contributed by atoms with Crippen LogP contribution >= 0.6 is 11.3 Å². The molecule has 0 unspecified atom stereocenters. The first-order valence-electron chi connectivity index (χ1n) is 7.26. The van der Waals surface area contributed by atoms with Crippen LogP contribution in [0.1, 0.15) is 11.1 Å². The molecule has 116 valence electrons. The van der Waals surface area contributed by atoms with Crippen LogP contribution in [0.15, 0.2) is 63.6 Å². The van der Waals surface area contributed by atoms with E-state index in [0.29, 0.717) is 28.1 Å². The Labute approximate surface area is 141 Å². The van der Waals surface area contributed by atoms with Crippen LogP contribution < -0.4 is 5.56 Å². The van der Waals surface area contributed by atoms with Gasteiger partial charge in [0.1, 0.15) is 10.6 Å². The third-order valence-electron chi connectivity index (χ3n) is 3.78. The van der Waals surface area contributed by atoms with Crippen LogP contribution in [0.25, 0.3) is 21.5 Å². The van der Waals surface area contributed by atoms with E-state index in [0.717, 1.165) is 11.1 Å². The highest BCUT2D eigenvalue weighted by Gasteiger charge is 2.15. The standard InChI is InChI=1S/C18H11N3O2S/c19-8-12-3-5-13(6-4-12)9-21-11-20-17-16(18(21)22)14(10-24-17)15-2-1-7-23-15/h1-7,10-11H,9H2. The molecule has 1 aromatic carbocycles. The molecule has 0 aliphatic heterocycles. The van der Waals surface area contributed by atoms with Crippen molar-refractivity contribution in [2.24, 2.45) is 0 Å². The summed E-state index contributed by atoms with van der Waals surface area (Å²) in [7, 11) is 0. The third-order valence-corrected chi connectivity index (χ3v) is 4.67. The Morgan fingerprint density at radius 3 is 2.79 bits per heavy atom. The maximum Gasteiger partial charge on any atom is 0.263 e. The van der Waals surface area contributed by atoms with Gasteiger partial charge in [-0.2, -0.15) is 5.26 Å². The normalized spacial score (nSPS) is 10.8. The molecule has 0 fully saturated rings. The van der Waals surface area contributed by atoms with E-state index in [2.05, 4.69) is 11.1 Å². The van der Waals surface area contributed by atoms with Gasteiger partial charge in [0.2, 0.25) is 0 Å². The molecule has 0 bridgehead atoms. The Balaban J connectivity index is 1.79. The van der Waals surface area contributed by atoms with Crippen LogP contribution in [0.5, 0.6) is 0 Å². The van der Waals surface area contributed by atoms with Gasteiger partial charge in [-0.1, -0.05) is 12.1 Å². The van der Waals surface area contributed by atoms with Gasteiger partial charge in [0.05, 0.1) is 36.2 Å². The number of nitriles is 1. The fourth-order valence-electron chi connectivity index (χ4n) is 2.57. The maximum atomic E-state index is 12.9. The van der Waals surface area contributed by atoms with Crippen LogP contribution in [0.4, 0.5) is 0 Å². The van der Waals surface area contributed by atoms with Crippen LogP contribution in [-0.4, -0.2) is 9.55 Å². The van der Waals surface area contributed by atoms with E-state index in [-0.39, 0.29) is 5.56 Å². The lowest BCUT2D eigenvalue weighted by Gasteiger charge is -2.06. The first-order valence-corrected chi connectivity index (χ1v) is 8.14. The van der Waals surface area contributed by atoms with Gasteiger partial charge >= 0.3 is 0 Å². The number of benzene rings is 1. The summed E-state index contributed by atoms with van der Waals surface area (Å²) < 4.78 is 7.00. The minimum absolute atomic E-state index is 0.1000. The summed E-state index contributed by atoms with van der Waals surface area (Å²) in [4.78, 5) is 18.0. The first kappa shape index (κ1) is 14.4. The molecular formula is C18H11N3O2S. The largest absolute Gasteiger partial charge is 0.464 e. The third kappa shape index (κ3) is 2.41. The number of aromatic nitrogens is 2. The lowest BCUT2D eigenvalue weighted by molar-refractivity contribution is 0.583. The van der Waals surface area contributed by atoms with E-state index in [1.807, 2.05) is 23.6 Å². The van der Waals surface area contributed by atoms with Gasteiger partial charge in [0, 0.05) is 10.9 Å². The number of thiophene rings is 1. The molecule has 4 rings (SSSR count). The van der Waals surface area contributed by atoms with Crippen molar-refractivity contribution in [2.75, 3.05) is 0 Å². The van der Waals surface area contributed by atoms with Crippen molar-refractivity contribution in [1.29, 1.82) is 5.26 Å². The van der Waals surface area contributed by atoms with E-state index in [1.165, 1.54) is 11.3 Å². The molecule has 0 radical (unpaired) electrons. The highest BCUT2D eigenvalue weighted by molar-refractivity contribution is 7.17. The topological polar surface area (TPSA) is 71.8 Å². The number of fused-ring (bicyclic) bond motifs is 1. The Hall–Kier alpha value is -3.17. The first-order chi connectivity index (χ1) is 11.8. The molecule has 0 amide bonds. The van der Waals surface area contributed by atoms with Crippen molar-refractivity contribution in [2.45, 2.75) is 6.54 Å². The number of hydrogen-bond acceptors (Lipinski definition) is 5. The molecule has 0 spiro atoms. The number of hydrogen-bond donors (Lipinski definition) is 0. The molecule has 4 aromatic rings. The smallest absolute Gasteiger partial charge is 0.263 e. The second kappa shape index (κ2) is 5.80. The zero-order valence-electron chi connectivity index (χ0n) is 12.5. The fraction of sp³-hybridized carbons (Fsp3) is 0.0556. The van der Waals surface area contributed by atoms with E-state index in [9.17, 15) is 4.79 Å². The van der Waals surface area contributed by atoms with Gasteiger partial charge in [0.15, 0.2) is 0 Å². The average molecular weight is 333 g/mol. The van der Waals surface area contributed by atoms with Crippen molar-refractivity contribution >= 4 is 21.6 Å². The van der Waals surface area contributed by atoms with E-state index in [4.69, 9.17) is 9.68 Å². The molecule has 3 aromatic heterocycles. The van der Waals surface area contributed by atoms with Crippen molar-refractivity contribution in [3.05, 3.63) is 75.8 Å². The average Bonchev–Trinajstić information content (AvgIpc) is 3.27. The van der Waals surface area contributed by atoms with Gasteiger partial charge < -0.3 is 4.42 Å². The van der Waals surface area contributed by atoms with Crippen LogP contribution in [0.2, 0.25) is 0 Å². The van der Waals surface area contributed by atoms with Gasteiger partial charge in [-0.15, -0.1) is 11.3 Å². The van der Waals surface area contributed by atoms with Gasteiger partial charge in [-0.25, -0.2) is 4.98 Å². The minimum Gasteiger partial charge on any atom is -0.464 e. The van der Waals surface area contributed by atoms with Crippen LogP contribution in [-0.2, 0) is 6.54 Å². The Morgan fingerprint density at radius 2 is 2.08 bits per heavy atom. The highest BCUT2D eigenvalue weighted by atomic mass is 32.1. The molecule has 3 heterocycles. The number of rotatable bonds is 3. The zero-order chi connectivity index (χ0) is 16.5. The zero-order valence-corrected chi connectivity index (χ0v) is 13.3. The van der Waals surface area contributed by atoms with Crippen molar-refractivity contribution in [3.8, 4) is 17.4 Å². The fourth-order valence-corrected chi connectivity index (χ4v) is 3.46. The number of furan rings is 1. The van der Waals surface area contributed by atoms with Crippen molar-refractivity contribution < 1.29 is 4.42 Å². The minimum atomic E-state index is -0.1000. The molecule has 0 atom stereocenters. The number of nitrogens with zero attached hydrogens (tertiary/aromatic N) is 3. The summed E-state index contributed by atoms with van der Waals surface area (Å²) >= 11 is 1.43. The lowest BCUT2D eigenvalue weighted by atomic mass is 10.1. The molecule has 0 N–H and O–H groups in total. The van der Waals surface area contributed by atoms with E-state index >= 15 is 0 Å². The molecular weight excluding hydrogens is 322 g/mol. The second-order valence-electron chi connectivity index (χ2n) is 5.29. The van der Waals surface area contributed by atoms with Gasteiger partial charge in [0.25, 0.3) is 5.56 Å². The summed E-state index contributed by atoms with van der Waals surface area (Å²) in [6.45, 7) is 0.404. The Kier molecular flexibility index (Phi) is 3.48. The summed E-state index contributed by atoms with van der Waals surface area (Å²) in [5.74, 6) is 0.663. The summed E-state index contributed by atoms with van der Waals surface area (Å²) in [6.07, 6.45) is 3.15. The quantitative estimate of drug-likeness (QED) is 0.574.